The van der Waals surface area contributed by atoms with Gasteiger partial charge in [-0.15, -0.1) is 0 Å². The van der Waals surface area contributed by atoms with Crippen LogP contribution in [-0.4, -0.2) is 147 Å². The molecular weight excluding hydrogens is 1030 g/mol. The topological polar surface area (TPSA) is 310 Å². The van der Waals surface area contributed by atoms with E-state index in [1.54, 1.807) is 57.4 Å². The van der Waals surface area contributed by atoms with Gasteiger partial charge in [-0.1, -0.05) is 56.4 Å². The number of carbonyl (C=O) groups is 10. The molecule has 0 spiro atoms. The Labute approximate surface area is 466 Å². The van der Waals surface area contributed by atoms with Crippen molar-refractivity contribution in [1.29, 1.82) is 0 Å². The summed E-state index contributed by atoms with van der Waals surface area (Å²) < 4.78 is 22.5. The number of methoxy groups -OCH3 is 2. The third-order valence-electron chi connectivity index (χ3n) is 16.9. The van der Waals surface area contributed by atoms with E-state index in [-0.39, 0.29) is 99.5 Å². The number of ketones is 2. The number of ether oxygens (including phenoxy) is 4. The summed E-state index contributed by atoms with van der Waals surface area (Å²) in [5.74, 6) is -4.92. The van der Waals surface area contributed by atoms with Crippen molar-refractivity contribution in [1.82, 2.24) is 42.5 Å². The first kappa shape index (κ1) is 59.2. The van der Waals surface area contributed by atoms with E-state index in [1.807, 2.05) is 6.07 Å². The molecule has 2 aromatic carbocycles. The monoisotopic (exact) mass is 1110 g/mol. The van der Waals surface area contributed by atoms with Crippen molar-refractivity contribution < 1.29 is 66.9 Å². The number of nitrogens with one attached hydrogen (secondary N) is 8. The molecule has 8 N–H and O–H groups in total. The Morgan fingerprint density at radius 3 is 1.52 bits per heavy atom. The fourth-order valence-electron chi connectivity index (χ4n) is 11.7. The molecule has 0 aromatic heterocycles. The molecule has 8 amide bonds. The van der Waals surface area contributed by atoms with Crippen LogP contribution in [0.4, 0.5) is 0 Å². The zero-order chi connectivity index (χ0) is 57.5. The smallest absolute Gasteiger partial charge is 0.243 e. The summed E-state index contributed by atoms with van der Waals surface area (Å²) in [5, 5.41) is 22.2. The number of hydrogen-bond acceptors (Lipinski definition) is 14. The minimum absolute atomic E-state index is 0.00532. The van der Waals surface area contributed by atoms with Crippen LogP contribution in [0.1, 0.15) is 121 Å². The molecule has 22 heteroatoms. The van der Waals surface area contributed by atoms with Gasteiger partial charge in [0.25, 0.3) is 0 Å². The quantitative estimate of drug-likeness (QED) is 0.0585. The van der Waals surface area contributed by atoms with Crippen molar-refractivity contribution in [2.75, 3.05) is 40.5 Å². The van der Waals surface area contributed by atoms with Gasteiger partial charge in [0, 0.05) is 38.8 Å². The van der Waals surface area contributed by atoms with Crippen LogP contribution in [0.3, 0.4) is 0 Å². The largest absolute Gasteiger partial charge is 0.497 e. The number of hydrogen-bond donors (Lipinski definition) is 8. The Morgan fingerprint density at radius 1 is 0.588 bits per heavy atom. The summed E-state index contributed by atoms with van der Waals surface area (Å²) in [6.45, 7) is 7.04. The van der Waals surface area contributed by atoms with Gasteiger partial charge < -0.3 is 61.5 Å². The van der Waals surface area contributed by atoms with Crippen molar-refractivity contribution >= 4 is 58.8 Å². The van der Waals surface area contributed by atoms with Crippen molar-refractivity contribution in [2.24, 2.45) is 23.7 Å². The molecule has 2 aliphatic carbocycles. The number of benzene rings is 2. The standard InChI is InChI=1S/C58H78N8O14/c1-31(61-53(73)37-25-47(67)59-27-37)51(71)65-44(22-34-14-17-39(77-5)18-15-34)55(75)64-43(50(70)58(4)30-80-58)24-36-12-9-13-40(36)41-20-35(16-19-46(41)78-6)23-45(66-52(72)32(2)62-54(74)38-26-48(68)60-28-38)56(76)63-42(21-33-10-7-8-11-33)49(69)57(3)29-79-57/h14-20,31-33,36-38,40,42-45H,7-13,21-30H2,1-6H3,(H,59,67)(H,60,68)(H,61,73)(H,62,74)(H,63,76)(H,64,75)(H,65,71)(H,66,72)/t31-,32-,36?,37+,38-,40?,42+,43+,44+,45+,57-,58-/m1/s1. The molecule has 8 rings (SSSR count). The molecule has 12 atom stereocenters. The van der Waals surface area contributed by atoms with Crippen molar-refractivity contribution in [3.05, 3.63) is 59.2 Å². The van der Waals surface area contributed by atoms with Crippen LogP contribution >= 0.6 is 0 Å². The first-order valence-electron chi connectivity index (χ1n) is 28.2. The second-order valence-electron chi connectivity index (χ2n) is 23.1. The lowest BCUT2D eigenvalue weighted by molar-refractivity contribution is -0.134. The molecule has 4 aliphatic heterocycles. The molecule has 0 radical (unpaired) electrons. The van der Waals surface area contributed by atoms with Gasteiger partial charge in [0.2, 0.25) is 47.3 Å². The zero-order valence-corrected chi connectivity index (χ0v) is 46.6. The van der Waals surface area contributed by atoms with Gasteiger partial charge >= 0.3 is 0 Å². The summed E-state index contributed by atoms with van der Waals surface area (Å²) in [4.78, 5) is 135. The van der Waals surface area contributed by atoms with E-state index in [0.717, 1.165) is 37.7 Å². The van der Waals surface area contributed by atoms with Gasteiger partial charge in [0.15, 0.2) is 11.6 Å². The van der Waals surface area contributed by atoms with E-state index in [9.17, 15) is 47.9 Å². The maximum Gasteiger partial charge on any atom is 0.243 e. The third kappa shape index (κ3) is 14.9. The lowest BCUT2D eigenvalue weighted by Crippen LogP contribution is -2.57. The number of amides is 8. The van der Waals surface area contributed by atoms with Gasteiger partial charge in [0.05, 0.1) is 51.4 Å². The highest BCUT2D eigenvalue weighted by Gasteiger charge is 2.52. The highest BCUT2D eigenvalue weighted by atomic mass is 16.6. The van der Waals surface area contributed by atoms with E-state index < -0.39 is 94.7 Å². The molecular formula is C58H78N8O14. The first-order chi connectivity index (χ1) is 38.1. The number of Topliss-reactive ketones (excluding diaryl/α,β-unsaturated/α-hetero) is 2. The van der Waals surface area contributed by atoms with Crippen LogP contribution in [0.5, 0.6) is 11.5 Å². The van der Waals surface area contributed by atoms with Gasteiger partial charge in [-0.25, -0.2) is 0 Å². The van der Waals surface area contributed by atoms with E-state index in [2.05, 4.69) is 42.5 Å². The zero-order valence-electron chi connectivity index (χ0n) is 46.6. The molecule has 4 heterocycles. The molecule has 2 unspecified atom stereocenters. The van der Waals surface area contributed by atoms with Crippen LogP contribution in [0, 0.1) is 23.7 Å². The predicted octanol–water partition coefficient (Wildman–Crippen LogP) is 1.28. The normalized spacial score (nSPS) is 26.2. The molecule has 2 saturated carbocycles. The lowest BCUT2D eigenvalue weighted by Gasteiger charge is -2.29. The molecule has 6 fully saturated rings. The van der Waals surface area contributed by atoms with E-state index in [0.29, 0.717) is 41.9 Å². The molecule has 6 aliphatic rings. The van der Waals surface area contributed by atoms with Crippen LogP contribution in [-0.2, 0) is 70.3 Å². The predicted molar refractivity (Wildman–Crippen MR) is 289 cm³/mol. The molecule has 0 bridgehead atoms. The third-order valence-corrected chi connectivity index (χ3v) is 16.9. The minimum atomic E-state index is -1.22. The van der Waals surface area contributed by atoms with Crippen molar-refractivity contribution in [3.8, 4) is 11.5 Å². The van der Waals surface area contributed by atoms with E-state index in [1.165, 1.54) is 21.0 Å². The average molecular weight is 1110 g/mol. The SMILES string of the molecule is COc1ccc(C[C@H](NC(=O)[C@@H](C)NC(=O)[C@@H]2CNC(=O)C2)C(=O)N[C@@H](CC2CCCC2c2cc(C[C@H](NC(=O)[C@@H](C)NC(=O)[C@H]3CNC(=O)C3)C(=O)N[C@@H](CC3CCCC3)C(=O)[C@@]3(C)CO3)ccc2OC)C(=O)[C@@]2(C)CO2)cc1. The highest BCUT2D eigenvalue weighted by molar-refractivity contribution is 6.00. The summed E-state index contributed by atoms with van der Waals surface area (Å²) in [7, 11) is 3.08. The number of epoxide rings is 2. The Balaban J connectivity index is 1.02. The Hall–Kier alpha value is -6.94. The van der Waals surface area contributed by atoms with Crippen LogP contribution < -0.4 is 52.0 Å². The minimum Gasteiger partial charge on any atom is -0.497 e. The summed E-state index contributed by atoms with van der Waals surface area (Å²) >= 11 is 0. The van der Waals surface area contributed by atoms with E-state index >= 15 is 0 Å². The van der Waals surface area contributed by atoms with Crippen LogP contribution in [0.15, 0.2) is 42.5 Å². The molecule has 2 aromatic rings. The van der Waals surface area contributed by atoms with Crippen molar-refractivity contribution in [2.45, 2.75) is 165 Å². The molecule has 22 nitrogen and oxygen atoms in total. The maximum atomic E-state index is 14.7. The maximum absolute atomic E-state index is 14.7. The van der Waals surface area contributed by atoms with Gasteiger partial charge in [-0.3, -0.25) is 47.9 Å². The Morgan fingerprint density at radius 2 is 1.06 bits per heavy atom. The summed E-state index contributed by atoms with van der Waals surface area (Å²) in [5.41, 5.74) is -0.0562. The molecule has 80 heavy (non-hydrogen) atoms. The molecule has 4 saturated heterocycles. The summed E-state index contributed by atoms with van der Waals surface area (Å²) in [6.07, 6.45) is 6.64. The number of rotatable bonds is 27. The highest BCUT2D eigenvalue weighted by Crippen LogP contribution is 2.46. The Bertz CT molecular complexity index is 2690. The van der Waals surface area contributed by atoms with E-state index in [4.69, 9.17) is 18.9 Å². The fourth-order valence-corrected chi connectivity index (χ4v) is 11.7. The van der Waals surface area contributed by atoms with Gasteiger partial charge in [-0.05, 0) is 106 Å². The van der Waals surface area contributed by atoms with Gasteiger partial charge in [-0.2, -0.15) is 0 Å². The number of carbonyl (C=O) groups excluding carboxylic acids is 10. The summed E-state index contributed by atoms with van der Waals surface area (Å²) in [6, 6.07) is 5.95. The lowest BCUT2D eigenvalue weighted by atomic mass is 9.81. The van der Waals surface area contributed by atoms with Crippen LogP contribution in [0.2, 0.25) is 0 Å². The second-order valence-corrected chi connectivity index (χ2v) is 23.1. The van der Waals surface area contributed by atoms with Crippen molar-refractivity contribution in [3.63, 3.8) is 0 Å². The molecule has 434 valence electrons. The first-order valence-corrected chi connectivity index (χ1v) is 28.2. The van der Waals surface area contributed by atoms with Gasteiger partial charge in [0.1, 0.15) is 46.9 Å². The average Bonchev–Trinajstić information content (AvgIpc) is 3.92. The second kappa shape index (κ2) is 25.7. The Kier molecular flexibility index (Phi) is 19.0. The van der Waals surface area contributed by atoms with Crippen LogP contribution in [0.25, 0.3) is 0 Å². The fraction of sp³-hybridized carbons (Fsp3) is 0.621.